The first-order valence-electron chi connectivity index (χ1n) is 5.08. The van der Waals surface area contributed by atoms with Gasteiger partial charge < -0.3 is 14.0 Å². The second kappa shape index (κ2) is 4.43. The molecular weight excluding hydrogens is 232 g/mol. The number of carbonyl (C=O) groups excluding carboxylic acids is 1. The van der Waals surface area contributed by atoms with Crippen LogP contribution >= 0.6 is 11.6 Å². The molecule has 0 aliphatic carbocycles. The average Bonchev–Trinajstić information content (AvgIpc) is 2.47. The van der Waals surface area contributed by atoms with E-state index in [1.165, 1.54) is 7.11 Å². The molecule has 0 aromatic carbocycles. The Morgan fingerprint density at radius 1 is 1.69 bits per heavy atom. The van der Waals surface area contributed by atoms with E-state index < -0.39 is 5.97 Å². The molecule has 0 saturated carbocycles. The number of imidazole rings is 1. The monoisotopic (exact) mass is 244 g/mol. The van der Waals surface area contributed by atoms with Gasteiger partial charge in [-0.1, -0.05) is 0 Å². The number of ether oxygens (including phenoxy) is 2. The molecule has 0 radical (unpaired) electrons. The van der Waals surface area contributed by atoms with E-state index in [9.17, 15) is 4.79 Å². The number of methoxy groups -OCH3 is 1. The molecular formula is C10H13ClN2O3. The fourth-order valence-electron chi connectivity index (χ4n) is 1.82. The van der Waals surface area contributed by atoms with Crippen LogP contribution in [0.1, 0.15) is 23.1 Å². The van der Waals surface area contributed by atoms with Crippen LogP contribution in [0.15, 0.2) is 0 Å². The molecule has 0 saturated heterocycles. The standard InChI is InChI=1S/C10H13ClN2O3/c1-6-5-13-7(3-4-16-6)8(9(14)15-2)12-10(13)11/h6H,3-5H2,1-2H3. The summed E-state index contributed by atoms with van der Waals surface area (Å²) in [4.78, 5) is 15.5. The molecule has 16 heavy (non-hydrogen) atoms. The van der Waals surface area contributed by atoms with Gasteiger partial charge in [-0.15, -0.1) is 0 Å². The Morgan fingerprint density at radius 3 is 3.12 bits per heavy atom. The lowest BCUT2D eigenvalue weighted by Gasteiger charge is -2.09. The van der Waals surface area contributed by atoms with Crippen LogP contribution in [-0.2, 0) is 22.4 Å². The van der Waals surface area contributed by atoms with Gasteiger partial charge in [-0.2, -0.15) is 0 Å². The Labute approximate surface area is 98.3 Å². The largest absolute Gasteiger partial charge is 0.464 e. The predicted octanol–water partition coefficient (Wildman–Crippen LogP) is 1.28. The molecule has 2 heterocycles. The zero-order chi connectivity index (χ0) is 11.7. The summed E-state index contributed by atoms with van der Waals surface area (Å²) in [5.41, 5.74) is 1.09. The van der Waals surface area contributed by atoms with Gasteiger partial charge in [0, 0.05) is 6.42 Å². The van der Waals surface area contributed by atoms with Gasteiger partial charge in [0.1, 0.15) is 0 Å². The van der Waals surface area contributed by atoms with Gasteiger partial charge in [0.2, 0.25) is 5.28 Å². The molecule has 6 heteroatoms. The fourth-order valence-corrected chi connectivity index (χ4v) is 2.08. The topological polar surface area (TPSA) is 53.3 Å². The molecule has 88 valence electrons. The van der Waals surface area contributed by atoms with Crippen LogP contribution in [0.2, 0.25) is 5.28 Å². The third-order valence-electron chi connectivity index (χ3n) is 2.59. The highest BCUT2D eigenvalue weighted by Crippen LogP contribution is 2.21. The average molecular weight is 245 g/mol. The lowest BCUT2D eigenvalue weighted by Crippen LogP contribution is -2.14. The maximum atomic E-state index is 11.5. The Morgan fingerprint density at radius 2 is 2.44 bits per heavy atom. The molecule has 0 N–H and O–H groups in total. The van der Waals surface area contributed by atoms with E-state index in [-0.39, 0.29) is 6.10 Å². The summed E-state index contributed by atoms with van der Waals surface area (Å²) in [7, 11) is 1.33. The molecule has 1 aliphatic rings. The highest BCUT2D eigenvalue weighted by molar-refractivity contribution is 6.28. The minimum Gasteiger partial charge on any atom is -0.464 e. The summed E-state index contributed by atoms with van der Waals surface area (Å²) in [6.45, 7) is 3.13. The first kappa shape index (κ1) is 11.4. The highest BCUT2D eigenvalue weighted by atomic mass is 35.5. The van der Waals surface area contributed by atoms with Crippen LogP contribution in [0.25, 0.3) is 0 Å². The Hall–Kier alpha value is -1.07. The first-order chi connectivity index (χ1) is 7.63. The maximum absolute atomic E-state index is 11.5. The number of aromatic nitrogens is 2. The summed E-state index contributed by atoms with van der Waals surface area (Å²) >= 11 is 5.99. The minimum absolute atomic E-state index is 0.0680. The first-order valence-corrected chi connectivity index (χ1v) is 5.46. The Balaban J connectivity index is 2.44. The highest BCUT2D eigenvalue weighted by Gasteiger charge is 2.25. The van der Waals surface area contributed by atoms with E-state index >= 15 is 0 Å². The molecule has 1 aliphatic heterocycles. The summed E-state index contributed by atoms with van der Waals surface area (Å²) in [6, 6.07) is 0. The normalized spacial score (nSPS) is 20.1. The zero-order valence-corrected chi connectivity index (χ0v) is 9.95. The number of halogens is 1. The van der Waals surface area contributed by atoms with Gasteiger partial charge in [0.25, 0.3) is 0 Å². The van der Waals surface area contributed by atoms with Gasteiger partial charge in [-0.05, 0) is 18.5 Å². The predicted molar refractivity (Wildman–Crippen MR) is 57.7 cm³/mol. The summed E-state index contributed by atoms with van der Waals surface area (Å²) in [5.74, 6) is -0.454. The van der Waals surface area contributed by atoms with Crippen molar-refractivity contribution in [2.75, 3.05) is 13.7 Å². The molecule has 0 fully saturated rings. The third-order valence-corrected chi connectivity index (χ3v) is 2.87. The number of carbonyl (C=O) groups is 1. The second-order valence-corrected chi connectivity index (χ2v) is 4.05. The smallest absolute Gasteiger partial charge is 0.358 e. The minimum atomic E-state index is -0.454. The second-order valence-electron chi connectivity index (χ2n) is 3.71. The molecule has 0 amide bonds. The van der Waals surface area contributed by atoms with E-state index in [4.69, 9.17) is 16.3 Å². The molecule has 1 aromatic rings. The number of nitrogens with zero attached hydrogens (tertiary/aromatic N) is 2. The van der Waals surface area contributed by atoms with Crippen LogP contribution in [-0.4, -0.2) is 35.3 Å². The zero-order valence-electron chi connectivity index (χ0n) is 9.20. The van der Waals surface area contributed by atoms with E-state index in [0.29, 0.717) is 30.5 Å². The van der Waals surface area contributed by atoms with Crippen molar-refractivity contribution in [2.45, 2.75) is 26.0 Å². The number of esters is 1. The number of hydrogen-bond acceptors (Lipinski definition) is 4. The van der Waals surface area contributed by atoms with Gasteiger partial charge in [-0.3, -0.25) is 0 Å². The molecule has 5 nitrogen and oxygen atoms in total. The molecule has 0 spiro atoms. The number of rotatable bonds is 1. The lowest BCUT2D eigenvalue weighted by molar-refractivity contribution is 0.0591. The van der Waals surface area contributed by atoms with Crippen molar-refractivity contribution in [2.24, 2.45) is 0 Å². The van der Waals surface area contributed by atoms with E-state index in [1.54, 1.807) is 0 Å². The van der Waals surface area contributed by atoms with Crippen LogP contribution in [0, 0.1) is 0 Å². The van der Waals surface area contributed by atoms with Crippen molar-refractivity contribution in [3.63, 3.8) is 0 Å². The van der Waals surface area contributed by atoms with Crippen molar-refractivity contribution in [3.05, 3.63) is 16.7 Å². The molecule has 0 bridgehead atoms. The van der Waals surface area contributed by atoms with Crippen molar-refractivity contribution in [1.82, 2.24) is 9.55 Å². The quantitative estimate of drug-likeness (QED) is 0.699. The lowest BCUT2D eigenvalue weighted by atomic mass is 10.2. The van der Waals surface area contributed by atoms with Crippen LogP contribution in [0.5, 0.6) is 0 Å². The van der Waals surface area contributed by atoms with Crippen molar-refractivity contribution in [3.8, 4) is 0 Å². The van der Waals surface area contributed by atoms with Gasteiger partial charge in [-0.25, -0.2) is 9.78 Å². The maximum Gasteiger partial charge on any atom is 0.358 e. The Bertz CT molecular complexity index is 416. The fraction of sp³-hybridized carbons (Fsp3) is 0.600. The van der Waals surface area contributed by atoms with Crippen LogP contribution < -0.4 is 0 Å². The molecule has 1 atom stereocenters. The molecule has 2 rings (SSSR count). The third kappa shape index (κ3) is 1.92. The summed E-state index contributed by atoms with van der Waals surface area (Å²) in [5, 5.41) is 0.313. The van der Waals surface area contributed by atoms with Crippen molar-refractivity contribution < 1.29 is 14.3 Å². The number of fused-ring (bicyclic) bond motifs is 1. The van der Waals surface area contributed by atoms with Crippen LogP contribution in [0.4, 0.5) is 0 Å². The Kier molecular flexibility index (Phi) is 3.16. The van der Waals surface area contributed by atoms with E-state index in [0.717, 1.165) is 5.69 Å². The van der Waals surface area contributed by atoms with Crippen molar-refractivity contribution >= 4 is 17.6 Å². The van der Waals surface area contributed by atoms with Crippen molar-refractivity contribution in [1.29, 1.82) is 0 Å². The van der Waals surface area contributed by atoms with Gasteiger partial charge in [0.15, 0.2) is 5.69 Å². The summed E-state index contributed by atoms with van der Waals surface area (Å²) < 4.78 is 12.0. The van der Waals surface area contributed by atoms with Crippen LogP contribution in [0.3, 0.4) is 0 Å². The van der Waals surface area contributed by atoms with E-state index in [2.05, 4.69) is 9.72 Å². The van der Waals surface area contributed by atoms with E-state index in [1.807, 2.05) is 11.5 Å². The summed E-state index contributed by atoms with van der Waals surface area (Å²) in [6.07, 6.45) is 0.688. The SMILES string of the molecule is COC(=O)c1nc(Cl)n2c1CCOC(C)C2. The van der Waals surface area contributed by atoms with Gasteiger partial charge in [0.05, 0.1) is 32.1 Å². The molecule has 1 unspecified atom stereocenters. The molecule has 1 aromatic heterocycles. The van der Waals surface area contributed by atoms with Gasteiger partial charge >= 0.3 is 5.97 Å². The number of hydrogen-bond donors (Lipinski definition) is 0.